The van der Waals surface area contributed by atoms with Gasteiger partial charge in [0, 0.05) is 25.4 Å². The molecule has 0 spiro atoms. The lowest BCUT2D eigenvalue weighted by Crippen LogP contribution is -2.42. The Morgan fingerprint density at radius 3 is 2.47 bits per heavy atom. The van der Waals surface area contributed by atoms with Crippen LogP contribution in [0.1, 0.15) is 39.5 Å². The Kier molecular flexibility index (Phi) is 4.75. The first kappa shape index (κ1) is 12.2. The molecule has 0 aliphatic carbocycles. The molecule has 1 unspecified atom stereocenters. The molecule has 15 heavy (non-hydrogen) atoms. The van der Waals surface area contributed by atoms with Crippen molar-refractivity contribution in [1.82, 2.24) is 10.2 Å². The Morgan fingerprint density at radius 2 is 1.93 bits per heavy atom. The topological polar surface area (TPSA) is 49.4 Å². The molecule has 1 saturated heterocycles. The van der Waals surface area contributed by atoms with Crippen LogP contribution in [0.25, 0.3) is 0 Å². The van der Waals surface area contributed by atoms with Crippen LogP contribution in [0.5, 0.6) is 0 Å². The molecular formula is C11H20N2O2. The molecule has 0 aromatic carbocycles. The van der Waals surface area contributed by atoms with Crippen molar-refractivity contribution in [3.05, 3.63) is 0 Å². The van der Waals surface area contributed by atoms with Gasteiger partial charge in [-0.25, -0.2) is 0 Å². The van der Waals surface area contributed by atoms with Crippen molar-refractivity contribution in [1.29, 1.82) is 0 Å². The molecule has 1 heterocycles. The number of hydrogen-bond donors (Lipinski definition) is 1. The molecule has 1 N–H and O–H groups in total. The lowest BCUT2D eigenvalue weighted by atomic mass is 10.1. The van der Waals surface area contributed by atoms with Crippen LogP contribution in [-0.2, 0) is 9.59 Å². The Balaban J connectivity index is 2.35. The van der Waals surface area contributed by atoms with E-state index in [9.17, 15) is 9.59 Å². The first-order valence-electron chi connectivity index (χ1n) is 5.71. The molecule has 0 aromatic rings. The van der Waals surface area contributed by atoms with Crippen LogP contribution >= 0.6 is 0 Å². The summed E-state index contributed by atoms with van der Waals surface area (Å²) in [7, 11) is 0. The number of nitrogens with one attached hydrogen (secondary N) is 1. The average Bonchev–Trinajstić information content (AvgIpc) is 2.17. The molecule has 4 heteroatoms. The van der Waals surface area contributed by atoms with Gasteiger partial charge in [0.15, 0.2) is 0 Å². The van der Waals surface area contributed by atoms with Gasteiger partial charge in [-0.05, 0) is 26.3 Å². The second-order valence-electron chi connectivity index (χ2n) is 4.04. The summed E-state index contributed by atoms with van der Waals surface area (Å²) >= 11 is 0. The number of amides is 2. The highest BCUT2D eigenvalue weighted by Crippen LogP contribution is 2.12. The Labute approximate surface area is 91.0 Å². The molecule has 0 radical (unpaired) electrons. The summed E-state index contributed by atoms with van der Waals surface area (Å²) in [5, 5.41) is 3.27. The maximum absolute atomic E-state index is 11.5. The van der Waals surface area contributed by atoms with Crippen LogP contribution in [-0.4, -0.2) is 35.8 Å². The first-order chi connectivity index (χ1) is 7.15. The predicted octanol–water partition coefficient (Wildman–Crippen LogP) is 0.914. The number of likely N-dealkylation sites (tertiary alicyclic amines) is 1. The minimum absolute atomic E-state index is 0.00468. The average molecular weight is 212 g/mol. The SMILES string of the molecule is CCNC(C)CCN1C(=O)CCCC1=O. The molecule has 1 aliphatic heterocycles. The zero-order valence-corrected chi connectivity index (χ0v) is 9.58. The van der Waals surface area contributed by atoms with Crippen LogP contribution in [0.4, 0.5) is 0 Å². The van der Waals surface area contributed by atoms with E-state index in [1.54, 1.807) is 0 Å². The summed E-state index contributed by atoms with van der Waals surface area (Å²) in [6.45, 7) is 5.60. The fourth-order valence-corrected chi connectivity index (χ4v) is 1.82. The third-order valence-electron chi connectivity index (χ3n) is 2.72. The van der Waals surface area contributed by atoms with Gasteiger partial charge in [0.05, 0.1) is 0 Å². The van der Waals surface area contributed by atoms with E-state index in [-0.39, 0.29) is 11.8 Å². The zero-order chi connectivity index (χ0) is 11.3. The molecule has 4 nitrogen and oxygen atoms in total. The van der Waals surface area contributed by atoms with Gasteiger partial charge in [-0.3, -0.25) is 14.5 Å². The van der Waals surface area contributed by atoms with Crippen LogP contribution in [0, 0.1) is 0 Å². The van der Waals surface area contributed by atoms with Crippen LogP contribution in [0.15, 0.2) is 0 Å². The van der Waals surface area contributed by atoms with E-state index < -0.39 is 0 Å². The third kappa shape index (κ3) is 3.63. The highest BCUT2D eigenvalue weighted by Gasteiger charge is 2.25. The largest absolute Gasteiger partial charge is 0.314 e. The van der Waals surface area contributed by atoms with Gasteiger partial charge in [0.25, 0.3) is 0 Å². The number of carbonyl (C=O) groups excluding carboxylic acids is 2. The minimum atomic E-state index is -0.00468. The molecule has 1 rings (SSSR count). The number of carbonyl (C=O) groups is 2. The van der Waals surface area contributed by atoms with E-state index in [2.05, 4.69) is 12.2 Å². The van der Waals surface area contributed by atoms with Crippen LogP contribution in [0.2, 0.25) is 0 Å². The molecule has 1 atom stereocenters. The highest BCUT2D eigenvalue weighted by molar-refractivity contribution is 5.97. The highest BCUT2D eigenvalue weighted by atomic mass is 16.2. The van der Waals surface area contributed by atoms with Gasteiger partial charge in [-0.1, -0.05) is 6.92 Å². The maximum Gasteiger partial charge on any atom is 0.229 e. The van der Waals surface area contributed by atoms with E-state index >= 15 is 0 Å². The molecule has 2 amide bonds. The van der Waals surface area contributed by atoms with Crippen molar-refractivity contribution >= 4 is 11.8 Å². The van der Waals surface area contributed by atoms with Crippen LogP contribution < -0.4 is 5.32 Å². The fraction of sp³-hybridized carbons (Fsp3) is 0.818. The van der Waals surface area contributed by atoms with E-state index in [1.807, 2.05) is 6.92 Å². The minimum Gasteiger partial charge on any atom is -0.314 e. The van der Waals surface area contributed by atoms with Crippen molar-refractivity contribution in [2.24, 2.45) is 0 Å². The second-order valence-corrected chi connectivity index (χ2v) is 4.04. The van der Waals surface area contributed by atoms with Crippen molar-refractivity contribution in [3.63, 3.8) is 0 Å². The maximum atomic E-state index is 11.5. The number of imide groups is 1. The van der Waals surface area contributed by atoms with Crippen LogP contribution in [0.3, 0.4) is 0 Å². The number of hydrogen-bond acceptors (Lipinski definition) is 3. The van der Waals surface area contributed by atoms with Crippen molar-refractivity contribution < 1.29 is 9.59 Å². The Hall–Kier alpha value is -0.900. The fourth-order valence-electron chi connectivity index (χ4n) is 1.82. The first-order valence-corrected chi connectivity index (χ1v) is 5.71. The Bertz CT molecular complexity index is 225. The summed E-state index contributed by atoms with van der Waals surface area (Å²) in [5.41, 5.74) is 0. The molecule has 0 bridgehead atoms. The smallest absolute Gasteiger partial charge is 0.229 e. The zero-order valence-electron chi connectivity index (χ0n) is 9.58. The van der Waals surface area contributed by atoms with Crippen molar-refractivity contribution in [2.75, 3.05) is 13.1 Å². The molecule has 1 fully saturated rings. The van der Waals surface area contributed by atoms with Gasteiger partial charge < -0.3 is 5.32 Å². The van der Waals surface area contributed by atoms with E-state index in [4.69, 9.17) is 0 Å². The molecule has 1 aliphatic rings. The van der Waals surface area contributed by atoms with Gasteiger partial charge in [0.2, 0.25) is 11.8 Å². The van der Waals surface area contributed by atoms with Gasteiger partial charge in [-0.2, -0.15) is 0 Å². The third-order valence-corrected chi connectivity index (χ3v) is 2.72. The lowest BCUT2D eigenvalue weighted by molar-refractivity contribution is -0.148. The number of piperidine rings is 1. The predicted molar refractivity (Wildman–Crippen MR) is 58.3 cm³/mol. The van der Waals surface area contributed by atoms with Gasteiger partial charge >= 0.3 is 0 Å². The monoisotopic (exact) mass is 212 g/mol. The molecular weight excluding hydrogens is 192 g/mol. The lowest BCUT2D eigenvalue weighted by Gasteiger charge is -2.26. The second kappa shape index (κ2) is 5.85. The number of rotatable bonds is 5. The van der Waals surface area contributed by atoms with Crippen molar-refractivity contribution in [3.8, 4) is 0 Å². The summed E-state index contributed by atoms with van der Waals surface area (Å²) < 4.78 is 0. The summed E-state index contributed by atoms with van der Waals surface area (Å²) in [5.74, 6) is -0.00935. The van der Waals surface area contributed by atoms with E-state index in [1.165, 1.54) is 4.90 Å². The standard InChI is InChI=1S/C11H20N2O2/c1-3-12-9(2)7-8-13-10(14)5-4-6-11(13)15/h9,12H,3-8H2,1-2H3. The molecule has 0 aromatic heterocycles. The summed E-state index contributed by atoms with van der Waals surface area (Å²) in [6.07, 6.45) is 2.62. The van der Waals surface area contributed by atoms with Gasteiger partial charge in [0.1, 0.15) is 0 Å². The van der Waals surface area contributed by atoms with E-state index in [0.717, 1.165) is 19.4 Å². The van der Waals surface area contributed by atoms with Gasteiger partial charge in [-0.15, -0.1) is 0 Å². The number of nitrogens with zero attached hydrogens (tertiary/aromatic N) is 1. The Morgan fingerprint density at radius 1 is 1.33 bits per heavy atom. The quantitative estimate of drug-likeness (QED) is 0.689. The van der Waals surface area contributed by atoms with Crippen molar-refractivity contribution in [2.45, 2.75) is 45.6 Å². The molecule has 0 saturated carbocycles. The van der Waals surface area contributed by atoms with E-state index in [0.29, 0.717) is 25.4 Å². The normalized spacial score (nSPS) is 19.5. The molecule has 86 valence electrons. The summed E-state index contributed by atoms with van der Waals surface area (Å²) in [4.78, 5) is 24.3. The summed E-state index contributed by atoms with van der Waals surface area (Å²) in [6, 6.07) is 0.359.